The van der Waals surface area contributed by atoms with Gasteiger partial charge in [0, 0.05) is 21.9 Å². The Balaban J connectivity index is 1.52. The van der Waals surface area contributed by atoms with Gasteiger partial charge in [-0.15, -0.1) is 0 Å². The second kappa shape index (κ2) is 9.55. The zero-order chi connectivity index (χ0) is 27.3. The summed E-state index contributed by atoms with van der Waals surface area (Å²) in [5, 5.41) is 2.23. The second-order valence-corrected chi connectivity index (χ2v) is 10.1. The van der Waals surface area contributed by atoms with Crippen LogP contribution in [0.15, 0.2) is 73.1 Å². The van der Waals surface area contributed by atoms with Crippen LogP contribution in [0.2, 0.25) is 0 Å². The number of hydrogen-bond acceptors (Lipinski definition) is 5. The quantitative estimate of drug-likeness (QED) is 0.238. The van der Waals surface area contributed by atoms with E-state index in [1.54, 1.807) is 20.5 Å². The van der Waals surface area contributed by atoms with Crippen LogP contribution in [0.5, 0.6) is 11.5 Å². The van der Waals surface area contributed by atoms with Crippen molar-refractivity contribution in [2.45, 2.75) is 27.7 Å². The number of hydrogen-bond donors (Lipinski definition) is 0. The van der Waals surface area contributed by atoms with Crippen molar-refractivity contribution >= 4 is 21.8 Å². The Morgan fingerprint density at radius 3 is 1.56 bits per heavy atom. The van der Waals surface area contributed by atoms with E-state index in [0.29, 0.717) is 11.6 Å². The maximum Gasteiger partial charge on any atom is 0.163 e. The van der Waals surface area contributed by atoms with Crippen molar-refractivity contribution in [3.63, 3.8) is 0 Å². The molecule has 0 spiro atoms. The van der Waals surface area contributed by atoms with Gasteiger partial charge in [-0.3, -0.25) is 0 Å². The number of methoxy groups -OCH3 is 2. The van der Waals surface area contributed by atoms with E-state index in [0.717, 1.165) is 61.2 Å². The first kappa shape index (κ1) is 24.6. The van der Waals surface area contributed by atoms with Crippen LogP contribution in [0.4, 0.5) is 0 Å². The van der Waals surface area contributed by atoms with E-state index in [2.05, 4.69) is 96.8 Å². The molecular weight excluding hydrogens is 484 g/mol. The van der Waals surface area contributed by atoms with Crippen molar-refractivity contribution in [1.82, 2.24) is 19.5 Å². The summed E-state index contributed by atoms with van der Waals surface area (Å²) in [5.74, 6) is 2.98. The number of aromatic nitrogens is 4. The van der Waals surface area contributed by atoms with Crippen molar-refractivity contribution < 1.29 is 9.47 Å². The Bertz CT molecular complexity index is 1780. The van der Waals surface area contributed by atoms with E-state index in [4.69, 9.17) is 14.5 Å². The third-order valence-electron chi connectivity index (χ3n) is 7.20. The highest BCUT2D eigenvalue weighted by Gasteiger charge is 2.18. The largest absolute Gasteiger partial charge is 0.497 e. The summed E-state index contributed by atoms with van der Waals surface area (Å²) in [6.07, 6.45) is 1.60. The van der Waals surface area contributed by atoms with Gasteiger partial charge < -0.3 is 14.0 Å². The first-order valence-electron chi connectivity index (χ1n) is 12.9. The van der Waals surface area contributed by atoms with Gasteiger partial charge in [0.2, 0.25) is 0 Å². The van der Waals surface area contributed by atoms with Crippen molar-refractivity contribution in [3.05, 3.63) is 95.3 Å². The van der Waals surface area contributed by atoms with Crippen molar-refractivity contribution in [2.75, 3.05) is 14.2 Å². The molecule has 0 unspecified atom stereocenters. The molecule has 39 heavy (non-hydrogen) atoms. The van der Waals surface area contributed by atoms with Gasteiger partial charge >= 0.3 is 0 Å². The second-order valence-electron chi connectivity index (χ2n) is 10.1. The van der Waals surface area contributed by atoms with E-state index >= 15 is 0 Å². The highest BCUT2D eigenvalue weighted by Crippen LogP contribution is 2.38. The Morgan fingerprint density at radius 2 is 1.08 bits per heavy atom. The summed E-state index contributed by atoms with van der Waals surface area (Å²) in [4.78, 5) is 13.9. The van der Waals surface area contributed by atoms with Crippen LogP contribution in [-0.4, -0.2) is 33.7 Å². The third-order valence-corrected chi connectivity index (χ3v) is 7.20. The highest BCUT2D eigenvalue weighted by molar-refractivity contribution is 6.10. The van der Waals surface area contributed by atoms with Crippen LogP contribution in [0.3, 0.4) is 0 Å². The third kappa shape index (κ3) is 4.28. The molecule has 0 amide bonds. The molecule has 2 aromatic heterocycles. The molecular formula is C33H30N4O2. The standard InChI is InChI=1S/C33H30N4O2/c1-19-11-20(2)13-23(12-19)32-34-18-35-33(36-32)24-14-21(3)31(22(4)15-24)37-29-9-7-25(38-5)16-27(29)28-17-26(39-6)8-10-30(28)37/h7-18H,1-6H3. The molecule has 2 heterocycles. The molecule has 0 bridgehead atoms. The van der Waals surface area contributed by atoms with Gasteiger partial charge in [0.15, 0.2) is 11.6 Å². The minimum Gasteiger partial charge on any atom is -0.497 e. The van der Waals surface area contributed by atoms with Crippen LogP contribution in [0.25, 0.3) is 50.3 Å². The van der Waals surface area contributed by atoms with Crippen LogP contribution in [-0.2, 0) is 0 Å². The monoisotopic (exact) mass is 514 g/mol. The zero-order valence-electron chi connectivity index (χ0n) is 23.0. The molecule has 0 aliphatic rings. The normalized spacial score (nSPS) is 11.3. The number of rotatable bonds is 5. The lowest BCUT2D eigenvalue weighted by Crippen LogP contribution is -2.02. The Hall–Kier alpha value is -4.71. The van der Waals surface area contributed by atoms with Gasteiger partial charge in [-0.25, -0.2) is 15.0 Å². The molecule has 0 aliphatic carbocycles. The SMILES string of the molecule is COc1ccc2c(c1)c1cc(OC)ccc1n2-c1c(C)cc(-c2ncnc(-c3cc(C)cc(C)c3)n2)cc1C. The van der Waals surface area contributed by atoms with Crippen molar-refractivity contribution in [2.24, 2.45) is 0 Å². The topological polar surface area (TPSA) is 62.1 Å². The average Bonchev–Trinajstić information content (AvgIpc) is 3.24. The maximum absolute atomic E-state index is 5.55. The average molecular weight is 515 g/mol. The van der Waals surface area contributed by atoms with Crippen molar-refractivity contribution in [3.8, 4) is 40.0 Å². The Labute approximate surface area is 227 Å². The summed E-state index contributed by atoms with van der Waals surface area (Å²) in [7, 11) is 3.39. The van der Waals surface area contributed by atoms with Gasteiger partial charge in [-0.2, -0.15) is 0 Å². The first-order chi connectivity index (χ1) is 18.9. The maximum atomic E-state index is 5.55. The number of ether oxygens (including phenoxy) is 2. The van der Waals surface area contributed by atoms with Gasteiger partial charge in [-0.1, -0.05) is 17.2 Å². The summed E-state index contributed by atoms with van der Waals surface area (Å²) < 4.78 is 13.4. The van der Waals surface area contributed by atoms with Crippen LogP contribution < -0.4 is 9.47 Å². The van der Waals surface area contributed by atoms with E-state index in [-0.39, 0.29) is 0 Å². The lowest BCUT2D eigenvalue weighted by atomic mass is 10.0. The molecule has 0 N–H and O–H groups in total. The zero-order valence-corrected chi connectivity index (χ0v) is 23.0. The molecule has 6 rings (SSSR count). The van der Waals surface area contributed by atoms with E-state index in [9.17, 15) is 0 Å². The minimum absolute atomic E-state index is 0.661. The van der Waals surface area contributed by atoms with Crippen molar-refractivity contribution in [1.29, 1.82) is 0 Å². The highest BCUT2D eigenvalue weighted by atomic mass is 16.5. The van der Waals surface area contributed by atoms with Crippen LogP contribution >= 0.6 is 0 Å². The molecule has 0 atom stereocenters. The number of benzene rings is 4. The molecule has 6 heteroatoms. The van der Waals surface area contributed by atoms with Crippen LogP contribution in [0, 0.1) is 27.7 Å². The van der Waals surface area contributed by atoms with Gasteiger partial charge in [0.25, 0.3) is 0 Å². The van der Waals surface area contributed by atoms with Gasteiger partial charge in [-0.05, 0) is 99.5 Å². The molecule has 6 aromatic rings. The minimum atomic E-state index is 0.661. The summed E-state index contributed by atoms with van der Waals surface area (Å²) in [6, 6.07) is 23.1. The molecule has 0 radical (unpaired) electrons. The summed E-state index contributed by atoms with van der Waals surface area (Å²) in [6.45, 7) is 8.46. The molecule has 0 aliphatic heterocycles. The molecule has 6 nitrogen and oxygen atoms in total. The summed E-state index contributed by atoms with van der Waals surface area (Å²) in [5.41, 5.74) is 9.94. The number of aryl methyl sites for hydroxylation is 4. The molecule has 4 aromatic carbocycles. The fraction of sp³-hybridized carbons (Fsp3) is 0.182. The predicted octanol–water partition coefficient (Wildman–Crippen LogP) is 7.55. The van der Waals surface area contributed by atoms with E-state index in [1.807, 2.05) is 12.1 Å². The fourth-order valence-corrected chi connectivity index (χ4v) is 5.59. The Morgan fingerprint density at radius 1 is 0.590 bits per heavy atom. The lowest BCUT2D eigenvalue weighted by Gasteiger charge is -2.16. The summed E-state index contributed by atoms with van der Waals surface area (Å²) >= 11 is 0. The Kier molecular flexibility index (Phi) is 6.03. The first-order valence-corrected chi connectivity index (χ1v) is 12.9. The van der Waals surface area contributed by atoms with Crippen LogP contribution in [0.1, 0.15) is 22.3 Å². The predicted molar refractivity (Wildman–Crippen MR) is 157 cm³/mol. The molecule has 0 saturated carbocycles. The smallest absolute Gasteiger partial charge is 0.163 e. The van der Waals surface area contributed by atoms with E-state index < -0.39 is 0 Å². The number of nitrogens with zero attached hydrogens (tertiary/aromatic N) is 4. The fourth-order valence-electron chi connectivity index (χ4n) is 5.59. The van der Waals surface area contributed by atoms with Gasteiger partial charge in [0.05, 0.1) is 30.9 Å². The molecule has 194 valence electrons. The molecule has 0 fully saturated rings. The van der Waals surface area contributed by atoms with Gasteiger partial charge in [0.1, 0.15) is 17.8 Å². The molecule has 0 saturated heterocycles. The lowest BCUT2D eigenvalue weighted by molar-refractivity contribution is 0.415. The number of fused-ring (bicyclic) bond motifs is 3. The van der Waals surface area contributed by atoms with E-state index in [1.165, 1.54) is 11.1 Å².